The van der Waals surface area contributed by atoms with Gasteiger partial charge in [-0.25, -0.2) is 9.97 Å². The predicted octanol–water partition coefficient (Wildman–Crippen LogP) is 3.42. The van der Waals surface area contributed by atoms with Gasteiger partial charge in [-0.15, -0.1) is 0 Å². The number of carbonyl (C=O) groups is 2. The summed E-state index contributed by atoms with van der Waals surface area (Å²) in [6, 6.07) is 5.24. The van der Waals surface area contributed by atoms with E-state index in [9.17, 15) is 22.8 Å². The number of anilines is 2. The molecule has 40 heavy (non-hydrogen) atoms. The summed E-state index contributed by atoms with van der Waals surface area (Å²) in [5.41, 5.74) is 6.71. The average Bonchev–Trinajstić information content (AvgIpc) is 3.59. The van der Waals surface area contributed by atoms with E-state index in [4.69, 9.17) is 5.73 Å². The normalized spacial score (nSPS) is 11.5. The molecule has 0 bridgehead atoms. The Hall–Kier alpha value is -4.46. The number of hydrogen-bond acceptors (Lipinski definition) is 7. The molecular weight excluding hydrogens is 527 g/mol. The van der Waals surface area contributed by atoms with Gasteiger partial charge in [0.25, 0.3) is 5.91 Å². The Kier molecular flexibility index (Phi) is 8.99. The van der Waals surface area contributed by atoms with Gasteiger partial charge in [0, 0.05) is 49.4 Å². The zero-order valence-electron chi connectivity index (χ0n) is 21.8. The fourth-order valence-corrected chi connectivity index (χ4v) is 4.19. The number of alkyl halides is 3. The molecule has 0 spiro atoms. The fraction of sp³-hybridized carbons (Fsp3) is 0.346. The van der Waals surface area contributed by atoms with E-state index in [0.29, 0.717) is 68.0 Å². The Morgan fingerprint density at radius 2 is 1.93 bits per heavy atom. The first kappa shape index (κ1) is 28.5. The third-order valence-electron chi connectivity index (χ3n) is 6.18. The highest BCUT2D eigenvalue weighted by Gasteiger charge is 2.37. The maximum Gasteiger partial charge on any atom is 0.435 e. The summed E-state index contributed by atoms with van der Waals surface area (Å²) in [5, 5.41) is 14.4. The maximum atomic E-state index is 13.4. The lowest BCUT2D eigenvalue weighted by atomic mass is 10.0. The SMILES string of the molecule is CCc1cc(Nc2nccn3c(-c4c[nH]nc4C(F)(F)F)cnc23)ccc1C(=O)NCCCNC(=O)CCCN. The van der Waals surface area contributed by atoms with Crippen molar-refractivity contribution in [3.05, 3.63) is 59.8 Å². The Balaban J connectivity index is 1.44. The minimum absolute atomic E-state index is 0.0579. The fourth-order valence-electron chi connectivity index (χ4n) is 4.19. The Morgan fingerprint density at radius 1 is 1.12 bits per heavy atom. The third-order valence-corrected chi connectivity index (χ3v) is 6.18. The van der Waals surface area contributed by atoms with Crippen LogP contribution in [0.4, 0.5) is 24.7 Å². The van der Waals surface area contributed by atoms with Crippen molar-refractivity contribution in [2.45, 2.75) is 38.8 Å². The van der Waals surface area contributed by atoms with Crippen LogP contribution in [0.15, 0.2) is 43.0 Å². The van der Waals surface area contributed by atoms with Gasteiger partial charge in [0.2, 0.25) is 5.91 Å². The van der Waals surface area contributed by atoms with Gasteiger partial charge in [0.15, 0.2) is 17.2 Å². The number of amides is 2. The van der Waals surface area contributed by atoms with Crippen LogP contribution in [-0.2, 0) is 17.4 Å². The monoisotopic (exact) mass is 557 g/mol. The van der Waals surface area contributed by atoms with Crippen molar-refractivity contribution in [2.24, 2.45) is 5.73 Å². The number of benzene rings is 1. The zero-order chi connectivity index (χ0) is 28.7. The highest BCUT2D eigenvalue weighted by atomic mass is 19.4. The second-order valence-electron chi connectivity index (χ2n) is 8.96. The molecule has 0 fully saturated rings. The number of carbonyl (C=O) groups excluding carboxylic acids is 2. The molecule has 0 unspecified atom stereocenters. The van der Waals surface area contributed by atoms with E-state index in [1.807, 2.05) is 13.0 Å². The van der Waals surface area contributed by atoms with Crippen LogP contribution in [0.3, 0.4) is 0 Å². The number of rotatable bonds is 12. The quantitative estimate of drug-likeness (QED) is 0.167. The van der Waals surface area contributed by atoms with Crippen molar-refractivity contribution in [1.29, 1.82) is 0 Å². The van der Waals surface area contributed by atoms with E-state index in [1.165, 1.54) is 29.2 Å². The van der Waals surface area contributed by atoms with Crippen LogP contribution >= 0.6 is 0 Å². The molecular formula is C26H30F3N9O2. The van der Waals surface area contributed by atoms with Crippen molar-refractivity contribution in [1.82, 2.24) is 35.2 Å². The number of nitrogens with two attached hydrogens (primary N) is 1. The number of nitrogens with one attached hydrogen (secondary N) is 4. The molecule has 4 aromatic rings. The van der Waals surface area contributed by atoms with Gasteiger partial charge >= 0.3 is 6.18 Å². The van der Waals surface area contributed by atoms with E-state index >= 15 is 0 Å². The number of aryl methyl sites for hydroxylation is 1. The number of H-pyrrole nitrogens is 1. The Morgan fingerprint density at radius 3 is 2.67 bits per heavy atom. The van der Waals surface area contributed by atoms with E-state index in [2.05, 4.69) is 36.1 Å². The summed E-state index contributed by atoms with van der Waals surface area (Å²) in [6.45, 7) is 3.25. The topological polar surface area (TPSA) is 155 Å². The highest BCUT2D eigenvalue weighted by molar-refractivity contribution is 5.96. The minimum atomic E-state index is -4.63. The van der Waals surface area contributed by atoms with Gasteiger partial charge in [-0.05, 0) is 49.6 Å². The molecule has 11 nitrogen and oxygen atoms in total. The van der Waals surface area contributed by atoms with E-state index in [1.54, 1.807) is 12.1 Å². The number of halogens is 3. The molecule has 0 aliphatic rings. The summed E-state index contributed by atoms with van der Waals surface area (Å²) in [6.07, 6.45) is 3.05. The van der Waals surface area contributed by atoms with E-state index in [-0.39, 0.29) is 23.1 Å². The van der Waals surface area contributed by atoms with Crippen LogP contribution in [0.25, 0.3) is 16.9 Å². The van der Waals surface area contributed by atoms with E-state index in [0.717, 1.165) is 5.56 Å². The van der Waals surface area contributed by atoms with Crippen molar-refractivity contribution >= 4 is 29.0 Å². The first-order valence-electron chi connectivity index (χ1n) is 12.8. The lowest BCUT2D eigenvalue weighted by Crippen LogP contribution is -2.30. The number of hydrogen-bond donors (Lipinski definition) is 5. The molecule has 0 aliphatic carbocycles. The van der Waals surface area contributed by atoms with Crippen LogP contribution in [0.1, 0.15) is 47.8 Å². The van der Waals surface area contributed by atoms with Gasteiger partial charge in [-0.2, -0.15) is 18.3 Å². The Bertz CT molecular complexity index is 1480. The van der Waals surface area contributed by atoms with Crippen molar-refractivity contribution < 1.29 is 22.8 Å². The molecule has 14 heteroatoms. The maximum absolute atomic E-state index is 13.4. The number of fused-ring (bicyclic) bond motifs is 1. The molecule has 0 aliphatic heterocycles. The third kappa shape index (κ3) is 6.57. The molecule has 0 atom stereocenters. The zero-order valence-corrected chi connectivity index (χ0v) is 21.8. The molecule has 1 aromatic carbocycles. The van der Waals surface area contributed by atoms with E-state index < -0.39 is 11.9 Å². The number of aromatic amines is 1. The molecule has 2 amide bonds. The molecule has 212 valence electrons. The Labute approximate surface area is 227 Å². The smallest absolute Gasteiger partial charge is 0.356 e. The van der Waals surface area contributed by atoms with Gasteiger partial charge in [0.1, 0.15) is 0 Å². The first-order valence-corrected chi connectivity index (χ1v) is 12.8. The first-order chi connectivity index (χ1) is 19.2. The van der Waals surface area contributed by atoms with Gasteiger partial charge in [-0.1, -0.05) is 6.92 Å². The molecule has 0 saturated heterocycles. The summed E-state index contributed by atoms with van der Waals surface area (Å²) in [7, 11) is 0. The van der Waals surface area contributed by atoms with Crippen LogP contribution in [0.2, 0.25) is 0 Å². The second-order valence-corrected chi connectivity index (χ2v) is 8.96. The van der Waals surface area contributed by atoms with Crippen molar-refractivity contribution in [3.8, 4) is 11.3 Å². The van der Waals surface area contributed by atoms with Crippen LogP contribution in [0, 0.1) is 0 Å². The average molecular weight is 558 g/mol. The van der Waals surface area contributed by atoms with Gasteiger partial charge in [0.05, 0.1) is 17.5 Å². The largest absolute Gasteiger partial charge is 0.435 e. The lowest BCUT2D eigenvalue weighted by Gasteiger charge is -2.13. The molecule has 3 aromatic heterocycles. The van der Waals surface area contributed by atoms with Crippen LogP contribution < -0.4 is 21.7 Å². The summed E-state index contributed by atoms with van der Waals surface area (Å²) < 4.78 is 41.7. The molecule has 3 heterocycles. The standard InChI is InChI=1S/C26H30F3N9O2/c1-2-16-13-17(6-7-18(16)25(40)33-10-4-9-31-21(39)5-3-8-30)36-23-24-34-15-20(38(24)12-11-32-23)19-14-35-37-22(19)26(27,28)29/h6-7,11-15H,2-5,8-10,30H2,1H3,(H,31,39)(H,32,36)(H,33,40)(H,35,37). The van der Waals surface area contributed by atoms with Crippen LogP contribution in [-0.4, -0.2) is 56.0 Å². The van der Waals surface area contributed by atoms with Crippen molar-refractivity contribution in [2.75, 3.05) is 25.0 Å². The van der Waals surface area contributed by atoms with Gasteiger partial charge < -0.3 is 21.7 Å². The summed E-state index contributed by atoms with van der Waals surface area (Å²) >= 11 is 0. The molecule has 6 N–H and O–H groups in total. The number of nitrogens with zero attached hydrogens (tertiary/aromatic N) is 4. The molecule has 0 radical (unpaired) electrons. The summed E-state index contributed by atoms with van der Waals surface area (Å²) in [5.74, 6) is 0.0487. The minimum Gasteiger partial charge on any atom is -0.356 e. The van der Waals surface area contributed by atoms with Crippen molar-refractivity contribution in [3.63, 3.8) is 0 Å². The number of imidazole rings is 1. The molecule has 4 rings (SSSR count). The predicted molar refractivity (Wildman–Crippen MR) is 143 cm³/mol. The lowest BCUT2D eigenvalue weighted by molar-refractivity contribution is -0.140. The number of aromatic nitrogens is 5. The summed E-state index contributed by atoms with van der Waals surface area (Å²) in [4.78, 5) is 33.0. The second kappa shape index (κ2) is 12.6. The highest BCUT2D eigenvalue weighted by Crippen LogP contribution is 2.36. The molecule has 0 saturated carbocycles. The van der Waals surface area contributed by atoms with Gasteiger partial charge in [-0.3, -0.25) is 19.1 Å². The van der Waals surface area contributed by atoms with Crippen LogP contribution in [0.5, 0.6) is 0 Å².